The molecule has 1 aliphatic carbocycles. The van der Waals surface area contributed by atoms with Gasteiger partial charge in [-0.2, -0.15) is 0 Å². The van der Waals surface area contributed by atoms with Crippen molar-refractivity contribution in [3.05, 3.63) is 30.3 Å². The number of hydrogen-bond donors (Lipinski definition) is 3. The molecule has 22 heavy (non-hydrogen) atoms. The Balaban J connectivity index is 1.55. The lowest BCUT2D eigenvalue weighted by Crippen LogP contribution is -2.35. The molecule has 5 nitrogen and oxygen atoms in total. The van der Waals surface area contributed by atoms with Gasteiger partial charge in [0.1, 0.15) is 0 Å². The van der Waals surface area contributed by atoms with E-state index in [4.69, 9.17) is 0 Å². The largest absolute Gasteiger partial charge is 0.356 e. The Bertz CT molecular complexity index is 470. The molecule has 0 saturated heterocycles. The molecule has 0 aromatic heterocycles. The maximum atomic E-state index is 11.7. The van der Waals surface area contributed by atoms with E-state index in [1.807, 2.05) is 30.3 Å². The predicted molar refractivity (Wildman–Crippen MR) is 87.7 cm³/mol. The van der Waals surface area contributed by atoms with E-state index in [2.05, 4.69) is 16.0 Å². The molecule has 1 aromatic carbocycles. The normalized spacial score (nSPS) is 15.1. The summed E-state index contributed by atoms with van der Waals surface area (Å²) in [5, 5.41) is 8.37. The quantitative estimate of drug-likeness (QED) is 0.756. The number of nitrogens with one attached hydrogen (secondary N) is 3. The van der Waals surface area contributed by atoms with Gasteiger partial charge in [-0.1, -0.05) is 37.5 Å². The van der Waals surface area contributed by atoms with Crippen LogP contribution in [0.3, 0.4) is 0 Å². The van der Waals surface area contributed by atoms with Crippen LogP contribution in [-0.4, -0.2) is 25.0 Å². The minimum absolute atomic E-state index is 0.00517. The van der Waals surface area contributed by atoms with E-state index in [9.17, 15) is 9.59 Å². The SMILES string of the molecule is O=C(CCNC(=O)Nc1ccccc1)NCC1CCCCC1. The number of anilines is 1. The Morgan fingerprint density at radius 2 is 1.73 bits per heavy atom. The summed E-state index contributed by atoms with van der Waals surface area (Å²) in [6.07, 6.45) is 6.64. The Labute approximate surface area is 131 Å². The van der Waals surface area contributed by atoms with Gasteiger partial charge in [-0.15, -0.1) is 0 Å². The first-order valence-corrected chi connectivity index (χ1v) is 8.10. The van der Waals surface area contributed by atoms with Gasteiger partial charge in [0.25, 0.3) is 0 Å². The van der Waals surface area contributed by atoms with Crippen LogP contribution < -0.4 is 16.0 Å². The van der Waals surface area contributed by atoms with E-state index in [-0.39, 0.29) is 11.9 Å². The van der Waals surface area contributed by atoms with Crippen molar-refractivity contribution in [2.24, 2.45) is 5.92 Å². The van der Waals surface area contributed by atoms with E-state index in [1.54, 1.807) is 0 Å². The van der Waals surface area contributed by atoms with Crippen LogP contribution in [0.1, 0.15) is 38.5 Å². The summed E-state index contributed by atoms with van der Waals surface area (Å²) in [7, 11) is 0. The van der Waals surface area contributed by atoms with Crippen LogP contribution in [0.15, 0.2) is 30.3 Å². The number of benzene rings is 1. The fourth-order valence-electron chi connectivity index (χ4n) is 2.72. The van der Waals surface area contributed by atoms with Crippen molar-refractivity contribution in [1.82, 2.24) is 10.6 Å². The van der Waals surface area contributed by atoms with Gasteiger partial charge in [0.15, 0.2) is 0 Å². The van der Waals surface area contributed by atoms with Gasteiger partial charge < -0.3 is 16.0 Å². The smallest absolute Gasteiger partial charge is 0.319 e. The number of rotatable bonds is 6. The Kier molecular flexibility index (Phi) is 6.74. The van der Waals surface area contributed by atoms with E-state index in [1.165, 1.54) is 32.1 Å². The monoisotopic (exact) mass is 303 g/mol. The molecule has 2 rings (SSSR count). The number of carbonyl (C=O) groups is 2. The standard InChI is InChI=1S/C17H25N3O2/c21-16(19-13-14-7-3-1-4-8-14)11-12-18-17(22)20-15-9-5-2-6-10-15/h2,5-6,9-10,14H,1,3-4,7-8,11-13H2,(H,19,21)(H2,18,20,22). The maximum absolute atomic E-state index is 11.7. The van der Waals surface area contributed by atoms with Gasteiger partial charge in [-0.25, -0.2) is 4.79 Å². The van der Waals surface area contributed by atoms with Crippen LogP contribution in [0, 0.1) is 5.92 Å². The molecule has 3 amide bonds. The van der Waals surface area contributed by atoms with Gasteiger partial charge >= 0.3 is 6.03 Å². The molecule has 1 fully saturated rings. The molecule has 1 saturated carbocycles. The summed E-state index contributed by atoms with van der Waals surface area (Å²) in [5.74, 6) is 0.637. The molecule has 1 aliphatic rings. The molecule has 1 aromatic rings. The van der Waals surface area contributed by atoms with Crippen molar-refractivity contribution >= 4 is 17.6 Å². The van der Waals surface area contributed by atoms with Crippen molar-refractivity contribution in [3.63, 3.8) is 0 Å². The van der Waals surface area contributed by atoms with E-state index < -0.39 is 0 Å². The first-order valence-electron chi connectivity index (χ1n) is 8.10. The van der Waals surface area contributed by atoms with E-state index >= 15 is 0 Å². The van der Waals surface area contributed by atoms with E-state index in [0.717, 1.165) is 12.2 Å². The van der Waals surface area contributed by atoms with Gasteiger partial charge in [0, 0.05) is 25.2 Å². The highest BCUT2D eigenvalue weighted by molar-refractivity contribution is 5.89. The van der Waals surface area contributed by atoms with Gasteiger partial charge in [0.05, 0.1) is 0 Å². The topological polar surface area (TPSA) is 70.2 Å². The molecular formula is C17H25N3O2. The number of carbonyl (C=O) groups excluding carboxylic acids is 2. The second kappa shape index (κ2) is 9.07. The average Bonchev–Trinajstić information content (AvgIpc) is 2.55. The molecule has 0 spiro atoms. The van der Waals surface area contributed by atoms with Crippen LogP contribution in [0.5, 0.6) is 0 Å². The third-order valence-electron chi connectivity index (χ3n) is 3.98. The minimum atomic E-state index is -0.286. The second-order valence-corrected chi connectivity index (χ2v) is 5.81. The summed E-state index contributed by atoms with van der Waals surface area (Å²) >= 11 is 0. The lowest BCUT2D eigenvalue weighted by atomic mass is 9.89. The zero-order valence-electron chi connectivity index (χ0n) is 12.9. The van der Waals surface area contributed by atoms with Crippen molar-refractivity contribution in [1.29, 1.82) is 0 Å². The number of hydrogen-bond acceptors (Lipinski definition) is 2. The zero-order chi connectivity index (χ0) is 15.6. The lowest BCUT2D eigenvalue weighted by molar-refractivity contribution is -0.121. The highest BCUT2D eigenvalue weighted by Gasteiger charge is 2.14. The molecule has 0 unspecified atom stereocenters. The molecule has 0 heterocycles. The average molecular weight is 303 g/mol. The van der Waals surface area contributed by atoms with Crippen LogP contribution in [0.25, 0.3) is 0 Å². The van der Waals surface area contributed by atoms with Crippen LogP contribution in [0.2, 0.25) is 0 Å². The number of amides is 3. The molecule has 0 atom stereocenters. The molecule has 5 heteroatoms. The summed E-state index contributed by atoms with van der Waals surface area (Å²) in [4.78, 5) is 23.4. The van der Waals surface area contributed by atoms with Crippen molar-refractivity contribution in [3.8, 4) is 0 Å². The molecular weight excluding hydrogens is 278 g/mol. The highest BCUT2D eigenvalue weighted by atomic mass is 16.2. The summed E-state index contributed by atoms with van der Waals surface area (Å²) < 4.78 is 0. The molecule has 0 radical (unpaired) electrons. The Morgan fingerprint density at radius 1 is 1.00 bits per heavy atom. The third kappa shape index (κ3) is 6.16. The van der Waals surface area contributed by atoms with Crippen LogP contribution in [-0.2, 0) is 4.79 Å². The maximum Gasteiger partial charge on any atom is 0.319 e. The number of para-hydroxylation sites is 1. The second-order valence-electron chi connectivity index (χ2n) is 5.81. The zero-order valence-corrected chi connectivity index (χ0v) is 12.9. The number of urea groups is 1. The molecule has 0 bridgehead atoms. The molecule has 0 aliphatic heterocycles. The van der Waals surface area contributed by atoms with E-state index in [0.29, 0.717) is 18.9 Å². The fourth-order valence-corrected chi connectivity index (χ4v) is 2.72. The van der Waals surface area contributed by atoms with Gasteiger partial charge in [-0.05, 0) is 30.9 Å². The summed E-state index contributed by atoms with van der Waals surface area (Å²) in [5.41, 5.74) is 0.738. The first-order chi connectivity index (χ1) is 10.7. The van der Waals surface area contributed by atoms with Gasteiger partial charge in [0.2, 0.25) is 5.91 Å². The summed E-state index contributed by atoms with van der Waals surface area (Å²) in [6, 6.07) is 8.95. The van der Waals surface area contributed by atoms with Crippen molar-refractivity contribution in [2.45, 2.75) is 38.5 Å². The van der Waals surface area contributed by atoms with Gasteiger partial charge in [-0.3, -0.25) is 4.79 Å². The summed E-state index contributed by atoms with van der Waals surface area (Å²) in [6.45, 7) is 1.12. The predicted octanol–water partition coefficient (Wildman–Crippen LogP) is 2.89. The highest BCUT2D eigenvalue weighted by Crippen LogP contribution is 2.22. The fraction of sp³-hybridized carbons (Fsp3) is 0.529. The minimum Gasteiger partial charge on any atom is -0.356 e. The Hall–Kier alpha value is -2.04. The first kappa shape index (κ1) is 16.3. The van der Waals surface area contributed by atoms with Crippen molar-refractivity contribution < 1.29 is 9.59 Å². The van der Waals surface area contributed by atoms with Crippen LogP contribution >= 0.6 is 0 Å². The third-order valence-corrected chi connectivity index (χ3v) is 3.98. The van der Waals surface area contributed by atoms with Crippen molar-refractivity contribution in [2.75, 3.05) is 18.4 Å². The molecule has 3 N–H and O–H groups in total. The Morgan fingerprint density at radius 3 is 2.45 bits per heavy atom. The van der Waals surface area contributed by atoms with Crippen LogP contribution in [0.4, 0.5) is 10.5 Å². The molecule has 120 valence electrons. The lowest BCUT2D eigenvalue weighted by Gasteiger charge is -2.21.